The Morgan fingerprint density at radius 2 is 2.10 bits per heavy atom. The maximum atomic E-state index is 12.3. The molecule has 1 aromatic heterocycles. The molecular weight excluding hydrogens is 296 g/mol. The van der Waals surface area contributed by atoms with E-state index in [0.29, 0.717) is 0 Å². The fourth-order valence-corrected chi connectivity index (χ4v) is 2.47. The molecule has 0 unspecified atom stereocenters. The summed E-state index contributed by atoms with van der Waals surface area (Å²) in [6, 6.07) is -0.549. The molecule has 0 spiro atoms. The summed E-state index contributed by atoms with van der Waals surface area (Å²) < 4.78 is 25.8. The third-order valence-corrected chi connectivity index (χ3v) is 5.15. The summed E-state index contributed by atoms with van der Waals surface area (Å²) in [5, 5.41) is 13.5. The highest BCUT2D eigenvalue weighted by Gasteiger charge is 2.27. The SMILES string of the molecule is CC[C@H](C)[C@@H](C(=O)NCCS(=O)(=O)N(C)C)n1cnnn1. The molecule has 0 aliphatic carbocycles. The van der Waals surface area contributed by atoms with Gasteiger partial charge in [0.25, 0.3) is 0 Å². The van der Waals surface area contributed by atoms with E-state index in [1.54, 1.807) is 0 Å². The summed E-state index contributed by atoms with van der Waals surface area (Å²) in [5.74, 6) is -0.404. The first-order chi connectivity index (χ1) is 9.79. The van der Waals surface area contributed by atoms with Crippen molar-refractivity contribution in [2.75, 3.05) is 26.4 Å². The van der Waals surface area contributed by atoms with Crippen LogP contribution in [0, 0.1) is 5.92 Å². The summed E-state index contributed by atoms with van der Waals surface area (Å²) in [4.78, 5) is 12.3. The topological polar surface area (TPSA) is 110 Å². The van der Waals surface area contributed by atoms with Crippen LogP contribution in [0.2, 0.25) is 0 Å². The van der Waals surface area contributed by atoms with Crippen LogP contribution in [-0.4, -0.2) is 65.2 Å². The molecule has 0 fully saturated rings. The molecule has 1 N–H and O–H groups in total. The number of carbonyl (C=O) groups is 1. The average Bonchev–Trinajstić information content (AvgIpc) is 2.92. The third kappa shape index (κ3) is 4.74. The molecule has 21 heavy (non-hydrogen) atoms. The smallest absolute Gasteiger partial charge is 0.245 e. The number of aromatic nitrogens is 4. The Morgan fingerprint density at radius 3 is 2.57 bits per heavy atom. The van der Waals surface area contributed by atoms with E-state index in [9.17, 15) is 13.2 Å². The van der Waals surface area contributed by atoms with Gasteiger partial charge in [-0.05, 0) is 16.3 Å². The molecule has 1 rings (SSSR count). The second-order valence-corrected chi connectivity index (χ2v) is 7.31. The zero-order valence-electron chi connectivity index (χ0n) is 12.7. The Hall–Kier alpha value is -1.55. The fourth-order valence-electron chi connectivity index (χ4n) is 1.75. The van der Waals surface area contributed by atoms with E-state index in [4.69, 9.17) is 0 Å². The molecule has 2 atom stereocenters. The van der Waals surface area contributed by atoms with E-state index < -0.39 is 16.1 Å². The molecule has 0 saturated carbocycles. The molecule has 10 heteroatoms. The molecule has 1 amide bonds. The van der Waals surface area contributed by atoms with Crippen LogP contribution in [0.4, 0.5) is 0 Å². The second-order valence-electron chi connectivity index (χ2n) is 5.01. The maximum absolute atomic E-state index is 12.3. The molecule has 9 nitrogen and oxygen atoms in total. The number of hydrogen-bond donors (Lipinski definition) is 1. The molecule has 120 valence electrons. The molecule has 1 aromatic rings. The molecule has 0 aromatic carbocycles. The van der Waals surface area contributed by atoms with Crippen molar-refractivity contribution in [3.8, 4) is 0 Å². The highest BCUT2D eigenvalue weighted by atomic mass is 32.2. The van der Waals surface area contributed by atoms with Crippen LogP contribution >= 0.6 is 0 Å². The molecule has 1 heterocycles. The highest BCUT2D eigenvalue weighted by Crippen LogP contribution is 2.19. The van der Waals surface area contributed by atoms with Crippen molar-refractivity contribution in [1.82, 2.24) is 29.8 Å². The summed E-state index contributed by atoms with van der Waals surface area (Å²) in [5.41, 5.74) is 0. The van der Waals surface area contributed by atoms with Gasteiger partial charge in [0.2, 0.25) is 15.9 Å². The largest absolute Gasteiger partial charge is 0.353 e. The van der Waals surface area contributed by atoms with Gasteiger partial charge in [-0.3, -0.25) is 4.79 Å². The number of sulfonamides is 1. The molecule has 0 aliphatic heterocycles. The number of nitrogens with zero attached hydrogens (tertiary/aromatic N) is 5. The zero-order chi connectivity index (χ0) is 16.0. The number of amides is 1. The van der Waals surface area contributed by atoms with Crippen LogP contribution < -0.4 is 5.32 Å². The molecule has 0 radical (unpaired) electrons. The van der Waals surface area contributed by atoms with Crippen LogP contribution in [0.1, 0.15) is 26.3 Å². The molecule has 0 saturated heterocycles. The van der Waals surface area contributed by atoms with E-state index >= 15 is 0 Å². The number of hydrogen-bond acceptors (Lipinski definition) is 6. The lowest BCUT2D eigenvalue weighted by atomic mass is 9.98. The van der Waals surface area contributed by atoms with Crippen molar-refractivity contribution in [1.29, 1.82) is 0 Å². The normalized spacial score (nSPS) is 14.9. The molecule has 0 bridgehead atoms. The van der Waals surface area contributed by atoms with Crippen molar-refractivity contribution >= 4 is 15.9 Å². The van der Waals surface area contributed by atoms with Gasteiger partial charge in [0.15, 0.2) is 0 Å². The molecule has 0 aliphatic rings. The Kier molecular flexibility index (Phi) is 6.21. The summed E-state index contributed by atoms with van der Waals surface area (Å²) in [7, 11) is -0.411. The van der Waals surface area contributed by atoms with E-state index in [-0.39, 0.29) is 24.1 Å². The fraction of sp³-hybridized carbons (Fsp3) is 0.818. The van der Waals surface area contributed by atoms with E-state index in [2.05, 4.69) is 20.8 Å². The first kappa shape index (κ1) is 17.5. The Labute approximate surface area is 124 Å². The lowest BCUT2D eigenvalue weighted by Gasteiger charge is -2.21. The van der Waals surface area contributed by atoms with Crippen molar-refractivity contribution in [3.05, 3.63) is 6.33 Å². The van der Waals surface area contributed by atoms with Crippen LogP contribution in [0.25, 0.3) is 0 Å². The average molecular weight is 318 g/mol. The van der Waals surface area contributed by atoms with Gasteiger partial charge in [-0.2, -0.15) is 0 Å². The predicted molar refractivity (Wildman–Crippen MR) is 76.8 cm³/mol. The quantitative estimate of drug-likeness (QED) is 0.676. The van der Waals surface area contributed by atoms with Gasteiger partial charge in [-0.25, -0.2) is 17.4 Å². The van der Waals surface area contributed by atoms with Crippen molar-refractivity contribution in [3.63, 3.8) is 0 Å². The van der Waals surface area contributed by atoms with Crippen molar-refractivity contribution in [2.45, 2.75) is 26.3 Å². The first-order valence-electron chi connectivity index (χ1n) is 6.70. The van der Waals surface area contributed by atoms with Gasteiger partial charge in [0, 0.05) is 20.6 Å². The third-order valence-electron chi connectivity index (χ3n) is 3.32. The number of nitrogens with one attached hydrogen (secondary N) is 1. The van der Waals surface area contributed by atoms with Crippen LogP contribution in [-0.2, 0) is 14.8 Å². The lowest BCUT2D eigenvalue weighted by Crippen LogP contribution is -2.40. The summed E-state index contributed by atoms with van der Waals surface area (Å²) in [6.07, 6.45) is 2.15. The van der Waals surface area contributed by atoms with Crippen LogP contribution in [0.5, 0.6) is 0 Å². The standard InChI is InChI=1S/C11H22N6O3S/c1-5-9(2)10(17-8-13-14-15-17)11(18)12-6-7-21(19,20)16(3)4/h8-10H,5-7H2,1-4H3,(H,12,18)/t9-,10-/m0/s1. The van der Waals surface area contributed by atoms with Gasteiger partial charge in [0.1, 0.15) is 12.4 Å². The van der Waals surface area contributed by atoms with Gasteiger partial charge in [-0.15, -0.1) is 5.10 Å². The van der Waals surface area contributed by atoms with Gasteiger partial charge < -0.3 is 5.32 Å². The minimum absolute atomic E-state index is 0.0268. The number of tetrazole rings is 1. The van der Waals surface area contributed by atoms with E-state index in [0.717, 1.165) is 10.7 Å². The first-order valence-corrected chi connectivity index (χ1v) is 8.31. The Balaban J connectivity index is 2.67. The lowest BCUT2D eigenvalue weighted by molar-refractivity contribution is -0.126. The minimum Gasteiger partial charge on any atom is -0.353 e. The van der Waals surface area contributed by atoms with Gasteiger partial charge in [-0.1, -0.05) is 20.3 Å². The zero-order valence-corrected chi connectivity index (χ0v) is 13.5. The van der Waals surface area contributed by atoms with Gasteiger partial charge >= 0.3 is 0 Å². The van der Waals surface area contributed by atoms with E-state index in [1.165, 1.54) is 25.1 Å². The van der Waals surface area contributed by atoms with Crippen molar-refractivity contribution in [2.24, 2.45) is 5.92 Å². The Morgan fingerprint density at radius 1 is 1.43 bits per heavy atom. The predicted octanol–water partition coefficient (Wildman–Crippen LogP) is -0.732. The number of rotatable bonds is 8. The van der Waals surface area contributed by atoms with Crippen LogP contribution in [0.3, 0.4) is 0 Å². The van der Waals surface area contributed by atoms with E-state index in [1.807, 2.05) is 13.8 Å². The molecular formula is C11H22N6O3S. The Bertz CT molecular complexity index is 542. The maximum Gasteiger partial charge on any atom is 0.245 e. The highest BCUT2D eigenvalue weighted by molar-refractivity contribution is 7.89. The van der Waals surface area contributed by atoms with Crippen molar-refractivity contribution < 1.29 is 13.2 Å². The summed E-state index contributed by atoms with van der Waals surface area (Å²) >= 11 is 0. The second kappa shape index (κ2) is 7.46. The summed E-state index contributed by atoms with van der Waals surface area (Å²) in [6.45, 7) is 3.93. The van der Waals surface area contributed by atoms with Gasteiger partial charge in [0.05, 0.1) is 5.75 Å². The van der Waals surface area contributed by atoms with Crippen LogP contribution in [0.15, 0.2) is 6.33 Å². The monoisotopic (exact) mass is 318 g/mol. The number of carbonyl (C=O) groups excluding carboxylic acids is 1. The minimum atomic E-state index is -3.33.